The molecule has 0 saturated heterocycles. The lowest BCUT2D eigenvalue weighted by atomic mass is 10.0. The molecule has 1 atom stereocenters. The summed E-state index contributed by atoms with van der Waals surface area (Å²) in [5.74, 6) is 0. The normalized spacial score (nSPS) is 19.1. The fourth-order valence-electron chi connectivity index (χ4n) is 2.18. The van der Waals surface area contributed by atoms with Crippen molar-refractivity contribution in [3.8, 4) is 0 Å². The van der Waals surface area contributed by atoms with E-state index >= 15 is 0 Å². The predicted octanol–water partition coefficient (Wildman–Crippen LogP) is 2.64. The van der Waals surface area contributed by atoms with Crippen LogP contribution >= 0.6 is 0 Å². The lowest BCUT2D eigenvalue weighted by molar-refractivity contribution is -0.105. The molecule has 2 nitrogen and oxygen atoms in total. The van der Waals surface area contributed by atoms with Gasteiger partial charge in [0.15, 0.2) is 0 Å². The van der Waals surface area contributed by atoms with Gasteiger partial charge in [0.25, 0.3) is 0 Å². The van der Waals surface area contributed by atoms with Crippen LogP contribution in [0.25, 0.3) is 0 Å². The SMILES string of the molecule is C[C@@H](C1=C(C=O)CC=C1[Si](C)(C)C)N(C)C. The number of nitrogens with zero attached hydrogens (tertiary/aromatic N) is 1. The van der Waals surface area contributed by atoms with Gasteiger partial charge in [0.2, 0.25) is 0 Å². The lowest BCUT2D eigenvalue weighted by Crippen LogP contribution is -2.34. The van der Waals surface area contributed by atoms with Gasteiger partial charge in [0.1, 0.15) is 6.29 Å². The Hall–Kier alpha value is -0.673. The second kappa shape index (κ2) is 4.68. The van der Waals surface area contributed by atoms with Gasteiger partial charge in [-0.1, -0.05) is 30.9 Å². The predicted molar refractivity (Wildman–Crippen MR) is 72.3 cm³/mol. The highest BCUT2D eigenvalue weighted by Gasteiger charge is 2.31. The van der Waals surface area contributed by atoms with Crippen LogP contribution in [0.5, 0.6) is 0 Å². The summed E-state index contributed by atoms with van der Waals surface area (Å²) in [6, 6.07) is 0.334. The maximum absolute atomic E-state index is 11.1. The summed E-state index contributed by atoms with van der Waals surface area (Å²) in [4.78, 5) is 13.3. The van der Waals surface area contributed by atoms with Gasteiger partial charge in [0.05, 0.1) is 8.07 Å². The van der Waals surface area contributed by atoms with Crippen LogP contribution in [-0.2, 0) is 4.79 Å². The topological polar surface area (TPSA) is 20.3 Å². The van der Waals surface area contributed by atoms with Gasteiger partial charge in [0, 0.05) is 11.6 Å². The van der Waals surface area contributed by atoms with Crippen molar-refractivity contribution < 1.29 is 4.79 Å². The molecule has 0 aromatic rings. The molecular formula is C13H23NOSi. The summed E-state index contributed by atoms with van der Waals surface area (Å²) in [6.45, 7) is 9.21. The fraction of sp³-hybridized carbons (Fsp3) is 0.615. The maximum atomic E-state index is 11.1. The molecule has 0 N–H and O–H groups in total. The van der Waals surface area contributed by atoms with E-state index < -0.39 is 8.07 Å². The first-order chi connectivity index (χ1) is 7.29. The standard InChI is InChI=1S/C13H23NOSi/c1-10(14(2)3)13-11(9-15)7-8-12(13)16(4,5)6/h8-10H,7H2,1-6H3/t10-/m0/s1. The van der Waals surface area contributed by atoms with Crippen LogP contribution < -0.4 is 0 Å². The molecule has 0 heterocycles. The Kier molecular flexibility index (Phi) is 3.91. The molecule has 0 aromatic carbocycles. The molecule has 0 saturated carbocycles. The summed E-state index contributed by atoms with van der Waals surface area (Å²) in [5.41, 5.74) is 2.28. The van der Waals surface area contributed by atoms with Crippen molar-refractivity contribution in [1.29, 1.82) is 0 Å². The van der Waals surface area contributed by atoms with Crippen molar-refractivity contribution in [1.82, 2.24) is 4.90 Å². The molecule has 0 aromatic heterocycles. The molecule has 0 unspecified atom stereocenters. The van der Waals surface area contributed by atoms with Crippen molar-refractivity contribution in [2.24, 2.45) is 0 Å². The second-order valence-corrected chi connectivity index (χ2v) is 10.8. The number of likely N-dealkylation sites (N-methyl/N-ethyl adjacent to an activating group) is 1. The van der Waals surface area contributed by atoms with Crippen molar-refractivity contribution >= 4 is 14.4 Å². The minimum Gasteiger partial charge on any atom is -0.303 e. The quantitative estimate of drug-likeness (QED) is 0.553. The van der Waals surface area contributed by atoms with Gasteiger partial charge >= 0.3 is 0 Å². The molecule has 0 aliphatic heterocycles. The monoisotopic (exact) mass is 237 g/mol. The van der Waals surface area contributed by atoms with Crippen LogP contribution in [0.15, 0.2) is 22.4 Å². The third kappa shape index (κ3) is 2.52. The van der Waals surface area contributed by atoms with E-state index in [1.165, 1.54) is 10.8 Å². The van der Waals surface area contributed by atoms with Gasteiger partial charge in [-0.3, -0.25) is 4.79 Å². The highest BCUT2D eigenvalue weighted by atomic mass is 28.3. The number of carbonyl (C=O) groups excluding carboxylic acids is 1. The summed E-state index contributed by atoms with van der Waals surface area (Å²) in [6.07, 6.45) is 4.14. The number of carbonyl (C=O) groups is 1. The average molecular weight is 237 g/mol. The summed E-state index contributed by atoms with van der Waals surface area (Å²) >= 11 is 0. The van der Waals surface area contributed by atoms with Crippen LogP contribution in [0.1, 0.15) is 13.3 Å². The average Bonchev–Trinajstić information content (AvgIpc) is 2.58. The molecule has 1 aliphatic rings. The van der Waals surface area contributed by atoms with Crippen LogP contribution in [0.4, 0.5) is 0 Å². The summed E-state index contributed by atoms with van der Waals surface area (Å²) in [7, 11) is 2.80. The zero-order valence-corrected chi connectivity index (χ0v) is 12.3. The molecule has 0 amide bonds. The van der Waals surface area contributed by atoms with E-state index in [-0.39, 0.29) is 0 Å². The zero-order valence-electron chi connectivity index (χ0n) is 11.3. The molecule has 1 rings (SSSR count). The third-order valence-corrected chi connectivity index (χ3v) is 5.39. The number of rotatable bonds is 4. The van der Waals surface area contributed by atoms with Gasteiger partial charge < -0.3 is 4.90 Å². The molecular weight excluding hydrogens is 214 g/mol. The molecule has 0 radical (unpaired) electrons. The second-order valence-electron chi connectivity index (χ2n) is 5.77. The van der Waals surface area contributed by atoms with Gasteiger partial charge in [-0.25, -0.2) is 0 Å². The molecule has 16 heavy (non-hydrogen) atoms. The van der Waals surface area contributed by atoms with E-state index in [1.807, 2.05) is 0 Å². The first kappa shape index (κ1) is 13.4. The number of allylic oxidation sites excluding steroid dienone is 2. The fourth-order valence-corrected chi connectivity index (χ4v) is 4.07. The molecule has 0 spiro atoms. The summed E-state index contributed by atoms with van der Waals surface area (Å²) in [5, 5.41) is 1.47. The highest BCUT2D eigenvalue weighted by molar-refractivity contribution is 6.84. The van der Waals surface area contributed by atoms with E-state index in [0.717, 1.165) is 18.3 Å². The smallest absolute Gasteiger partial charge is 0.146 e. The Morgan fingerprint density at radius 3 is 2.31 bits per heavy atom. The van der Waals surface area contributed by atoms with Crippen molar-refractivity contribution in [3.63, 3.8) is 0 Å². The van der Waals surface area contributed by atoms with E-state index in [4.69, 9.17) is 0 Å². The van der Waals surface area contributed by atoms with E-state index in [9.17, 15) is 4.79 Å². The van der Waals surface area contributed by atoms with Crippen molar-refractivity contribution in [2.45, 2.75) is 39.0 Å². The largest absolute Gasteiger partial charge is 0.303 e. The lowest BCUT2D eigenvalue weighted by Gasteiger charge is -2.29. The maximum Gasteiger partial charge on any atom is 0.146 e. The van der Waals surface area contributed by atoms with E-state index in [1.54, 1.807) is 0 Å². The van der Waals surface area contributed by atoms with Crippen LogP contribution in [-0.4, -0.2) is 39.4 Å². The first-order valence-corrected chi connectivity index (χ1v) is 9.34. The summed E-state index contributed by atoms with van der Waals surface area (Å²) < 4.78 is 0. The van der Waals surface area contributed by atoms with Crippen LogP contribution in [0, 0.1) is 0 Å². The van der Waals surface area contributed by atoms with Gasteiger partial charge in [-0.15, -0.1) is 0 Å². The minimum atomic E-state index is -1.34. The van der Waals surface area contributed by atoms with E-state index in [2.05, 4.69) is 51.6 Å². The highest BCUT2D eigenvalue weighted by Crippen LogP contribution is 2.35. The Balaban J connectivity index is 3.16. The molecule has 3 heteroatoms. The van der Waals surface area contributed by atoms with Crippen molar-refractivity contribution in [2.75, 3.05) is 14.1 Å². The van der Waals surface area contributed by atoms with E-state index in [0.29, 0.717) is 6.04 Å². The van der Waals surface area contributed by atoms with Gasteiger partial charge in [-0.05, 0) is 33.0 Å². The molecule has 0 bridgehead atoms. The molecule has 0 fully saturated rings. The third-order valence-electron chi connectivity index (χ3n) is 3.30. The first-order valence-electron chi connectivity index (χ1n) is 5.84. The Bertz CT molecular complexity index is 347. The Morgan fingerprint density at radius 1 is 1.38 bits per heavy atom. The zero-order chi connectivity index (χ0) is 12.5. The Labute approximate surface area is 100 Å². The molecule has 90 valence electrons. The number of hydrogen-bond acceptors (Lipinski definition) is 2. The van der Waals surface area contributed by atoms with Gasteiger partial charge in [-0.2, -0.15) is 0 Å². The van der Waals surface area contributed by atoms with Crippen molar-refractivity contribution in [3.05, 3.63) is 22.4 Å². The molecule has 1 aliphatic carbocycles. The minimum absolute atomic E-state index is 0.334. The Morgan fingerprint density at radius 2 is 1.94 bits per heavy atom. The van der Waals surface area contributed by atoms with Crippen LogP contribution in [0.3, 0.4) is 0 Å². The number of hydrogen-bond donors (Lipinski definition) is 0. The number of aldehydes is 1. The van der Waals surface area contributed by atoms with Crippen LogP contribution in [0.2, 0.25) is 19.6 Å².